The Morgan fingerprint density at radius 2 is 1.85 bits per heavy atom. The van der Waals surface area contributed by atoms with Crippen LogP contribution in [0.15, 0.2) is 47.4 Å². The first kappa shape index (κ1) is 18.6. The highest BCUT2D eigenvalue weighted by molar-refractivity contribution is 7.89. The van der Waals surface area contributed by atoms with Crippen molar-refractivity contribution >= 4 is 21.6 Å². The fourth-order valence-corrected chi connectivity index (χ4v) is 4.54. The lowest BCUT2D eigenvalue weighted by molar-refractivity contribution is -0.116. The summed E-state index contributed by atoms with van der Waals surface area (Å²) in [6.07, 6.45) is 1.94. The van der Waals surface area contributed by atoms with Gasteiger partial charge in [0.2, 0.25) is 15.9 Å². The molecule has 0 aliphatic carbocycles. The van der Waals surface area contributed by atoms with Crippen LogP contribution >= 0.6 is 0 Å². The molecule has 3 rings (SSSR count). The number of nitrogens with zero attached hydrogens (tertiary/aromatic N) is 1. The van der Waals surface area contributed by atoms with E-state index in [0.29, 0.717) is 30.8 Å². The molecule has 0 bridgehead atoms. The van der Waals surface area contributed by atoms with Gasteiger partial charge in [-0.05, 0) is 55.2 Å². The molecular weight excluding hydrogens is 348 g/mol. The van der Waals surface area contributed by atoms with Crippen LogP contribution in [0.5, 0.6) is 0 Å². The number of nitrogens with one attached hydrogen (secondary N) is 1. The Hall–Kier alpha value is -2.18. The van der Waals surface area contributed by atoms with Crippen LogP contribution < -0.4 is 5.32 Å². The molecule has 0 saturated heterocycles. The Morgan fingerprint density at radius 3 is 2.54 bits per heavy atom. The van der Waals surface area contributed by atoms with E-state index >= 15 is 0 Å². The monoisotopic (exact) mass is 372 g/mol. The van der Waals surface area contributed by atoms with E-state index in [1.165, 1.54) is 4.31 Å². The minimum Gasteiger partial charge on any atom is -0.326 e. The third-order valence-electron chi connectivity index (χ3n) is 4.60. The van der Waals surface area contributed by atoms with Crippen molar-refractivity contribution in [3.63, 3.8) is 0 Å². The number of sulfonamides is 1. The van der Waals surface area contributed by atoms with Gasteiger partial charge in [0.15, 0.2) is 0 Å². The van der Waals surface area contributed by atoms with Crippen LogP contribution in [0.4, 0.5) is 5.69 Å². The fraction of sp³-hybridized carbons (Fsp3) is 0.350. The van der Waals surface area contributed by atoms with Gasteiger partial charge in [0.25, 0.3) is 0 Å². The maximum absolute atomic E-state index is 12.9. The van der Waals surface area contributed by atoms with Gasteiger partial charge in [-0.1, -0.05) is 30.7 Å². The minimum absolute atomic E-state index is 0.0209. The highest BCUT2D eigenvalue weighted by Crippen LogP contribution is 2.27. The van der Waals surface area contributed by atoms with Gasteiger partial charge in [0.05, 0.1) is 4.90 Å². The maximum atomic E-state index is 12.9. The minimum atomic E-state index is -3.52. The van der Waals surface area contributed by atoms with E-state index in [1.807, 2.05) is 44.2 Å². The number of hydrogen-bond donors (Lipinski definition) is 1. The molecule has 0 unspecified atom stereocenters. The summed E-state index contributed by atoms with van der Waals surface area (Å²) in [5.74, 6) is -0.0209. The second-order valence-electron chi connectivity index (χ2n) is 6.68. The molecule has 2 aromatic carbocycles. The first-order valence-electron chi connectivity index (χ1n) is 8.88. The number of amides is 1. The topological polar surface area (TPSA) is 66.5 Å². The molecule has 1 aliphatic heterocycles. The van der Waals surface area contributed by atoms with Gasteiger partial charge in [0, 0.05) is 25.2 Å². The summed E-state index contributed by atoms with van der Waals surface area (Å²) in [5.41, 5.74) is 3.83. The number of carbonyl (C=O) groups excluding carboxylic acids is 1. The summed E-state index contributed by atoms with van der Waals surface area (Å²) in [6.45, 7) is 4.68. The van der Waals surface area contributed by atoms with Crippen molar-refractivity contribution in [1.82, 2.24) is 4.31 Å². The normalized spacial score (nSPS) is 14.7. The van der Waals surface area contributed by atoms with Crippen molar-refractivity contribution in [1.29, 1.82) is 0 Å². The van der Waals surface area contributed by atoms with E-state index < -0.39 is 10.0 Å². The molecule has 0 spiro atoms. The number of aryl methyl sites for hydroxylation is 1. The van der Waals surface area contributed by atoms with Gasteiger partial charge in [-0.25, -0.2) is 8.42 Å². The molecule has 0 atom stereocenters. The highest BCUT2D eigenvalue weighted by atomic mass is 32.2. The van der Waals surface area contributed by atoms with Crippen molar-refractivity contribution in [3.8, 4) is 0 Å². The zero-order valence-corrected chi connectivity index (χ0v) is 16.0. The molecule has 5 nitrogen and oxygen atoms in total. The number of fused-ring (bicyclic) bond motifs is 1. The van der Waals surface area contributed by atoms with Gasteiger partial charge in [-0.15, -0.1) is 0 Å². The molecule has 0 aromatic heterocycles. The van der Waals surface area contributed by atoms with Crippen molar-refractivity contribution in [2.75, 3.05) is 11.9 Å². The Morgan fingerprint density at radius 1 is 1.12 bits per heavy atom. The predicted octanol–water partition coefficient (Wildman–Crippen LogP) is 3.48. The maximum Gasteiger partial charge on any atom is 0.243 e. The predicted molar refractivity (Wildman–Crippen MR) is 102 cm³/mol. The summed E-state index contributed by atoms with van der Waals surface area (Å²) in [5, 5.41) is 2.88. The van der Waals surface area contributed by atoms with Crippen LogP contribution in [0.1, 0.15) is 36.5 Å². The van der Waals surface area contributed by atoms with E-state index in [0.717, 1.165) is 28.8 Å². The highest BCUT2D eigenvalue weighted by Gasteiger charge is 2.28. The Balaban J connectivity index is 1.81. The molecule has 1 amide bonds. The number of hydrogen-bond acceptors (Lipinski definition) is 3. The SMILES string of the molecule is CCCC(=O)Nc1ccc2c(c1)CN(S(=O)(=O)c1ccc(C)cc1)CC2. The van der Waals surface area contributed by atoms with E-state index in [1.54, 1.807) is 12.1 Å². The quantitative estimate of drug-likeness (QED) is 0.874. The number of carbonyl (C=O) groups is 1. The second-order valence-corrected chi connectivity index (χ2v) is 8.62. The average Bonchev–Trinajstić information content (AvgIpc) is 2.61. The van der Waals surface area contributed by atoms with E-state index in [-0.39, 0.29) is 5.91 Å². The summed E-state index contributed by atoms with van der Waals surface area (Å²) >= 11 is 0. The molecule has 0 radical (unpaired) electrons. The first-order chi connectivity index (χ1) is 12.4. The largest absolute Gasteiger partial charge is 0.326 e. The smallest absolute Gasteiger partial charge is 0.243 e. The molecule has 2 aromatic rings. The molecule has 0 saturated carbocycles. The van der Waals surface area contributed by atoms with E-state index in [2.05, 4.69) is 5.32 Å². The Kier molecular flexibility index (Phi) is 5.44. The fourth-order valence-electron chi connectivity index (χ4n) is 3.12. The van der Waals surface area contributed by atoms with E-state index in [9.17, 15) is 13.2 Å². The summed E-state index contributed by atoms with van der Waals surface area (Å²) in [6, 6.07) is 12.7. The number of anilines is 1. The Bertz CT molecular complexity index is 905. The molecular formula is C20H24N2O3S. The van der Waals surface area contributed by atoms with Crippen LogP contribution in [-0.2, 0) is 27.8 Å². The van der Waals surface area contributed by atoms with Gasteiger partial charge in [-0.2, -0.15) is 4.31 Å². The van der Waals surface area contributed by atoms with Gasteiger partial charge in [-0.3, -0.25) is 4.79 Å². The third kappa shape index (κ3) is 3.97. The zero-order valence-electron chi connectivity index (χ0n) is 15.2. The Labute approximate surface area is 155 Å². The van der Waals surface area contributed by atoms with Gasteiger partial charge >= 0.3 is 0 Å². The number of benzene rings is 2. The molecule has 1 aliphatic rings. The van der Waals surface area contributed by atoms with Crippen LogP contribution in [-0.4, -0.2) is 25.2 Å². The van der Waals surface area contributed by atoms with Crippen LogP contribution in [0.3, 0.4) is 0 Å². The summed E-state index contributed by atoms with van der Waals surface area (Å²) in [7, 11) is -3.52. The van der Waals surface area contributed by atoms with Crippen LogP contribution in [0, 0.1) is 6.92 Å². The molecule has 0 fully saturated rings. The standard InChI is InChI=1S/C20H24N2O3S/c1-3-4-20(23)21-18-8-7-16-11-12-22(14-17(16)13-18)26(24,25)19-9-5-15(2)6-10-19/h5-10,13H,3-4,11-12,14H2,1-2H3,(H,21,23). The molecule has 1 N–H and O–H groups in total. The lowest BCUT2D eigenvalue weighted by Crippen LogP contribution is -2.36. The van der Waals surface area contributed by atoms with E-state index in [4.69, 9.17) is 0 Å². The van der Waals surface area contributed by atoms with Gasteiger partial charge in [0.1, 0.15) is 0 Å². The molecule has 6 heteroatoms. The van der Waals surface area contributed by atoms with Crippen molar-refractivity contribution in [2.45, 2.75) is 44.6 Å². The lowest BCUT2D eigenvalue weighted by Gasteiger charge is -2.28. The molecule has 26 heavy (non-hydrogen) atoms. The molecule has 1 heterocycles. The zero-order chi connectivity index (χ0) is 18.7. The molecule has 138 valence electrons. The summed E-state index contributed by atoms with van der Waals surface area (Å²) in [4.78, 5) is 12.1. The second kappa shape index (κ2) is 7.60. The van der Waals surface area contributed by atoms with Crippen LogP contribution in [0.2, 0.25) is 0 Å². The van der Waals surface area contributed by atoms with Crippen molar-refractivity contribution < 1.29 is 13.2 Å². The lowest BCUT2D eigenvalue weighted by atomic mass is 10.0. The number of rotatable bonds is 5. The third-order valence-corrected chi connectivity index (χ3v) is 6.46. The van der Waals surface area contributed by atoms with Gasteiger partial charge < -0.3 is 5.32 Å². The summed E-state index contributed by atoms with van der Waals surface area (Å²) < 4.78 is 27.3. The van der Waals surface area contributed by atoms with Crippen molar-refractivity contribution in [3.05, 3.63) is 59.2 Å². The first-order valence-corrected chi connectivity index (χ1v) is 10.3. The average molecular weight is 372 g/mol. The van der Waals surface area contributed by atoms with Crippen molar-refractivity contribution in [2.24, 2.45) is 0 Å². The van der Waals surface area contributed by atoms with Crippen LogP contribution in [0.25, 0.3) is 0 Å².